The molecule has 0 aliphatic carbocycles. The molecule has 0 atom stereocenters. The molecular weight excluding hydrogens is 276 g/mol. The Kier molecular flexibility index (Phi) is 5.03. The quantitative estimate of drug-likeness (QED) is 0.848. The van der Waals surface area contributed by atoms with Crippen LogP contribution in [-0.2, 0) is 4.79 Å². The van der Waals surface area contributed by atoms with Gasteiger partial charge < -0.3 is 10.5 Å². The van der Waals surface area contributed by atoms with E-state index in [1.165, 1.54) is 11.3 Å². The number of rotatable bonds is 6. The number of amides is 1. The lowest BCUT2D eigenvalue weighted by molar-refractivity contribution is -0.114. The molecule has 2 aromatic rings. The number of nitrogens with zero attached hydrogens (tertiary/aromatic N) is 2. The van der Waals surface area contributed by atoms with Gasteiger partial charge in [0.05, 0.1) is 13.2 Å². The largest absolute Gasteiger partial charge is 0.494 e. The lowest BCUT2D eigenvalue weighted by Gasteiger charge is -2.04. The number of aromatic nitrogens is 2. The summed E-state index contributed by atoms with van der Waals surface area (Å²) in [7, 11) is 0. The van der Waals surface area contributed by atoms with Gasteiger partial charge in [0.25, 0.3) is 0 Å². The molecule has 0 saturated carbocycles. The molecule has 0 aliphatic rings. The summed E-state index contributed by atoms with van der Waals surface area (Å²) in [6.07, 6.45) is 0.957. The summed E-state index contributed by atoms with van der Waals surface area (Å²) >= 11 is 1.30. The molecule has 0 spiro atoms. The lowest BCUT2D eigenvalue weighted by atomic mass is 10.2. The number of ether oxygens (including phenoxy) is 1. The second kappa shape index (κ2) is 6.97. The van der Waals surface area contributed by atoms with Gasteiger partial charge in [-0.25, -0.2) is 0 Å². The average molecular weight is 292 g/mol. The number of nitrogens with two attached hydrogens (primary N) is 1. The lowest BCUT2D eigenvalue weighted by Crippen LogP contribution is -2.21. The Hall–Kier alpha value is -1.99. The molecule has 106 valence electrons. The van der Waals surface area contributed by atoms with Crippen molar-refractivity contribution in [3.05, 3.63) is 24.3 Å². The van der Waals surface area contributed by atoms with E-state index in [0.29, 0.717) is 11.7 Å². The van der Waals surface area contributed by atoms with Gasteiger partial charge in [-0.1, -0.05) is 30.4 Å². The van der Waals surface area contributed by atoms with Crippen molar-refractivity contribution in [3.8, 4) is 16.3 Å². The van der Waals surface area contributed by atoms with E-state index in [9.17, 15) is 4.79 Å². The molecule has 0 radical (unpaired) electrons. The van der Waals surface area contributed by atoms with E-state index in [1.54, 1.807) is 0 Å². The van der Waals surface area contributed by atoms with Crippen molar-refractivity contribution in [1.29, 1.82) is 0 Å². The van der Waals surface area contributed by atoms with Crippen LogP contribution < -0.4 is 15.8 Å². The number of carbonyl (C=O) groups is 1. The van der Waals surface area contributed by atoms with Crippen molar-refractivity contribution in [2.24, 2.45) is 5.73 Å². The zero-order valence-corrected chi connectivity index (χ0v) is 11.9. The molecular formula is C13H16N4O2S. The molecule has 3 N–H and O–H groups in total. The Morgan fingerprint density at radius 1 is 1.45 bits per heavy atom. The Bertz CT molecular complexity index is 585. The summed E-state index contributed by atoms with van der Waals surface area (Å²) in [6, 6.07) is 7.63. The van der Waals surface area contributed by atoms with Crippen LogP contribution in [0.5, 0.6) is 5.75 Å². The maximum absolute atomic E-state index is 11.2. The van der Waals surface area contributed by atoms with Crippen LogP contribution in [0.15, 0.2) is 24.3 Å². The number of hydrogen-bond donors (Lipinski definition) is 2. The fourth-order valence-corrected chi connectivity index (χ4v) is 2.26. The molecule has 20 heavy (non-hydrogen) atoms. The first-order valence-electron chi connectivity index (χ1n) is 6.29. The SMILES string of the molecule is CCCOc1cccc(-c2nnc(NC(=O)CN)s2)c1. The van der Waals surface area contributed by atoms with Crippen molar-refractivity contribution >= 4 is 22.4 Å². The normalized spacial score (nSPS) is 10.3. The van der Waals surface area contributed by atoms with Gasteiger partial charge in [0.2, 0.25) is 11.0 Å². The van der Waals surface area contributed by atoms with Gasteiger partial charge in [-0.2, -0.15) is 0 Å². The van der Waals surface area contributed by atoms with E-state index < -0.39 is 0 Å². The minimum Gasteiger partial charge on any atom is -0.494 e. The first-order chi connectivity index (χ1) is 9.72. The number of nitrogens with one attached hydrogen (secondary N) is 1. The number of hydrogen-bond acceptors (Lipinski definition) is 6. The topological polar surface area (TPSA) is 90.1 Å². The third kappa shape index (κ3) is 3.75. The maximum Gasteiger partial charge on any atom is 0.239 e. The smallest absolute Gasteiger partial charge is 0.239 e. The van der Waals surface area contributed by atoms with Crippen LogP contribution in [0.2, 0.25) is 0 Å². The molecule has 1 amide bonds. The van der Waals surface area contributed by atoms with Crippen molar-refractivity contribution in [3.63, 3.8) is 0 Å². The van der Waals surface area contributed by atoms with E-state index in [2.05, 4.69) is 22.4 Å². The van der Waals surface area contributed by atoms with Crippen molar-refractivity contribution in [2.75, 3.05) is 18.5 Å². The number of carbonyl (C=O) groups excluding carboxylic acids is 1. The van der Waals surface area contributed by atoms with Crippen LogP contribution in [0.25, 0.3) is 10.6 Å². The van der Waals surface area contributed by atoms with E-state index in [1.807, 2.05) is 24.3 Å². The minimum atomic E-state index is -0.285. The summed E-state index contributed by atoms with van der Waals surface area (Å²) in [4.78, 5) is 11.2. The Balaban J connectivity index is 2.13. The summed E-state index contributed by atoms with van der Waals surface area (Å²) < 4.78 is 5.58. The molecule has 1 aromatic carbocycles. The Labute approximate surface area is 121 Å². The molecule has 0 unspecified atom stereocenters. The predicted molar refractivity (Wildman–Crippen MR) is 78.8 cm³/mol. The van der Waals surface area contributed by atoms with Crippen LogP contribution in [0.4, 0.5) is 5.13 Å². The molecule has 6 nitrogen and oxygen atoms in total. The molecule has 0 fully saturated rings. The third-order valence-electron chi connectivity index (χ3n) is 2.41. The van der Waals surface area contributed by atoms with Gasteiger partial charge in [-0.05, 0) is 18.6 Å². The standard InChI is InChI=1S/C13H16N4O2S/c1-2-6-19-10-5-3-4-9(7-10)12-16-17-13(20-12)15-11(18)8-14/h3-5,7H,2,6,8,14H2,1H3,(H,15,17,18). The third-order valence-corrected chi connectivity index (χ3v) is 3.30. The minimum absolute atomic E-state index is 0.0742. The fourth-order valence-electron chi connectivity index (χ4n) is 1.50. The fraction of sp³-hybridized carbons (Fsp3) is 0.308. The van der Waals surface area contributed by atoms with Crippen molar-refractivity contribution in [1.82, 2.24) is 10.2 Å². The van der Waals surface area contributed by atoms with E-state index in [0.717, 1.165) is 22.7 Å². The van der Waals surface area contributed by atoms with E-state index in [4.69, 9.17) is 10.5 Å². The number of anilines is 1. The summed E-state index contributed by atoms with van der Waals surface area (Å²) in [5, 5.41) is 11.7. The second-order valence-corrected chi connectivity index (χ2v) is 5.02. The molecule has 1 aromatic heterocycles. The van der Waals surface area contributed by atoms with Crippen LogP contribution in [0.3, 0.4) is 0 Å². The van der Waals surface area contributed by atoms with E-state index in [-0.39, 0.29) is 12.5 Å². The van der Waals surface area contributed by atoms with Crippen molar-refractivity contribution < 1.29 is 9.53 Å². The van der Waals surface area contributed by atoms with Gasteiger partial charge in [0.1, 0.15) is 10.8 Å². The first kappa shape index (κ1) is 14.4. The highest BCUT2D eigenvalue weighted by Crippen LogP contribution is 2.28. The van der Waals surface area contributed by atoms with Crippen LogP contribution in [0.1, 0.15) is 13.3 Å². The van der Waals surface area contributed by atoms with Crippen molar-refractivity contribution in [2.45, 2.75) is 13.3 Å². The average Bonchev–Trinajstić information content (AvgIpc) is 2.93. The van der Waals surface area contributed by atoms with Gasteiger partial charge in [-0.15, -0.1) is 10.2 Å². The van der Waals surface area contributed by atoms with Gasteiger partial charge >= 0.3 is 0 Å². The van der Waals surface area contributed by atoms with Gasteiger partial charge in [-0.3, -0.25) is 10.1 Å². The molecule has 7 heteroatoms. The first-order valence-corrected chi connectivity index (χ1v) is 7.11. The second-order valence-electron chi connectivity index (χ2n) is 4.04. The molecule has 1 heterocycles. The van der Waals surface area contributed by atoms with Gasteiger partial charge in [0, 0.05) is 5.56 Å². The summed E-state index contributed by atoms with van der Waals surface area (Å²) in [5.41, 5.74) is 6.14. The van der Waals surface area contributed by atoms with E-state index >= 15 is 0 Å². The monoisotopic (exact) mass is 292 g/mol. The van der Waals surface area contributed by atoms with Crippen LogP contribution >= 0.6 is 11.3 Å². The molecule has 0 saturated heterocycles. The summed E-state index contributed by atoms with van der Waals surface area (Å²) in [5.74, 6) is 0.514. The predicted octanol–water partition coefficient (Wildman–Crippen LogP) is 1.89. The molecule has 2 rings (SSSR count). The maximum atomic E-state index is 11.2. The number of benzene rings is 1. The van der Waals surface area contributed by atoms with Gasteiger partial charge in [0.15, 0.2) is 0 Å². The highest BCUT2D eigenvalue weighted by molar-refractivity contribution is 7.18. The highest BCUT2D eigenvalue weighted by Gasteiger charge is 2.09. The Morgan fingerprint density at radius 3 is 3.05 bits per heavy atom. The zero-order valence-electron chi connectivity index (χ0n) is 11.1. The highest BCUT2D eigenvalue weighted by atomic mass is 32.1. The van der Waals surface area contributed by atoms with Crippen LogP contribution in [-0.4, -0.2) is 29.3 Å². The Morgan fingerprint density at radius 2 is 2.30 bits per heavy atom. The van der Waals surface area contributed by atoms with Crippen LogP contribution in [0, 0.1) is 0 Å². The zero-order chi connectivity index (χ0) is 14.4. The molecule has 0 aliphatic heterocycles. The summed E-state index contributed by atoms with van der Waals surface area (Å²) in [6.45, 7) is 2.66. The molecule has 0 bridgehead atoms.